The Hall–Kier alpha value is -7.71. The Bertz CT molecular complexity index is 2480. The van der Waals surface area contributed by atoms with Crippen molar-refractivity contribution in [2.24, 2.45) is 0 Å². The minimum atomic E-state index is -0.686. The van der Waals surface area contributed by atoms with E-state index in [9.17, 15) is 28.8 Å². The molecular formula is C39H34Cl2N10O9. The summed E-state index contributed by atoms with van der Waals surface area (Å²) >= 11 is 9.53. The molecule has 9 N–H and O–H groups in total. The van der Waals surface area contributed by atoms with E-state index in [0.717, 1.165) is 0 Å². The van der Waals surface area contributed by atoms with Gasteiger partial charge in [0, 0.05) is 5.56 Å². The molecule has 5 heterocycles. The molecule has 0 aliphatic heterocycles. The van der Waals surface area contributed by atoms with Crippen LogP contribution < -0.4 is 26.6 Å². The van der Waals surface area contributed by atoms with E-state index in [1.807, 2.05) is 0 Å². The van der Waals surface area contributed by atoms with Crippen molar-refractivity contribution in [3.05, 3.63) is 155 Å². The number of ether oxygens (including phenoxy) is 1. The van der Waals surface area contributed by atoms with Crippen LogP contribution in [0.15, 0.2) is 121 Å². The number of amides is 5. The third-order valence-electron chi connectivity index (χ3n) is 7.31. The third kappa shape index (κ3) is 13.2. The Morgan fingerprint density at radius 3 is 0.983 bits per heavy atom. The number of hydrogen-bond acceptors (Lipinski definition) is 12. The largest absolute Gasteiger partial charge is 0.464 e. The number of halogens is 2. The maximum absolute atomic E-state index is 13.1. The van der Waals surface area contributed by atoms with Crippen LogP contribution in [0, 0.1) is 0 Å². The number of methoxy groups -OCH3 is 1. The molecule has 0 radical (unpaired) electrons. The van der Waals surface area contributed by atoms with Gasteiger partial charge in [-0.25, -0.2) is 29.7 Å². The number of carbonyl (C=O) groups is 6. The Labute approximate surface area is 350 Å². The minimum Gasteiger partial charge on any atom is -0.464 e. The van der Waals surface area contributed by atoms with E-state index in [-0.39, 0.29) is 73.9 Å². The summed E-state index contributed by atoms with van der Waals surface area (Å²) in [5.41, 5.74) is 0.206. The average molecular weight is 858 g/mol. The van der Waals surface area contributed by atoms with Gasteiger partial charge in [0.15, 0.2) is 5.69 Å². The van der Waals surface area contributed by atoms with Crippen LogP contribution in [0.2, 0.25) is 0 Å². The predicted octanol–water partition coefficient (Wildman–Crippen LogP) is 4.48. The first kappa shape index (κ1) is 46.7. The monoisotopic (exact) mass is 856 g/mol. The van der Waals surface area contributed by atoms with Crippen molar-refractivity contribution >= 4 is 87.8 Å². The number of nitrogens with one attached hydrogen (secondary N) is 5. The molecule has 5 amide bonds. The van der Waals surface area contributed by atoms with Crippen LogP contribution in [-0.2, 0) is 4.74 Å². The molecule has 5 aromatic heterocycles. The van der Waals surface area contributed by atoms with Gasteiger partial charge >= 0.3 is 5.97 Å². The summed E-state index contributed by atoms with van der Waals surface area (Å²) in [6, 6.07) is 30.7. The second kappa shape index (κ2) is 22.9. The molecule has 0 aliphatic carbocycles. The van der Waals surface area contributed by atoms with Crippen LogP contribution in [0.3, 0.4) is 0 Å². The highest BCUT2D eigenvalue weighted by Crippen LogP contribution is 2.15. The number of anilines is 5. The van der Waals surface area contributed by atoms with Crippen LogP contribution in [0.25, 0.3) is 0 Å². The second-order valence-electron chi connectivity index (χ2n) is 11.3. The molecule has 6 rings (SSSR count). The maximum Gasteiger partial charge on any atom is 0.356 e. The lowest BCUT2D eigenvalue weighted by Crippen LogP contribution is -2.20. The van der Waals surface area contributed by atoms with Crippen LogP contribution >= 0.6 is 23.2 Å². The van der Waals surface area contributed by atoms with Gasteiger partial charge in [0.1, 0.15) is 51.9 Å². The van der Waals surface area contributed by atoms with Gasteiger partial charge < -0.3 is 42.3 Å². The summed E-state index contributed by atoms with van der Waals surface area (Å²) in [4.78, 5) is 97.1. The lowest BCUT2D eigenvalue weighted by Gasteiger charge is -2.10. The molecule has 0 aliphatic rings. The molecule has 1 aromatic carbocycles. The first-order valence-electron chi connectivity index (χ1n) is 16.7. The predicted molar refractivity (Wildman–Crippen MR) is 223 cm³/mol. The van der Waals surface area contributed by atoms with Gasteiger partial charge in [0.25, 0.3) is 29.5 Å². The van der Waals surface area contributed by atoms with Gasteiger partial charge in [-0.1, -0.05) is 48.5 Å². The molecule has 308 valence electrons. The van der Waals surface area contributed by atoms with Crippen LogP contribution in [0.1, 0.15) is 62.8 Å². The third-order valence-corrected chi connectivity index (χ3v) is 7.31. The first-order valence-corrected chi connectivity index (χ1v) is 17.8. The van der Waals surface area contributed by atoms with E-state index >= 15 is 0 Å². The Morgan fingerprint density at radius 2 is 0.683 bits per heavy atom. The van der Waals surface area contributed by atoms with E-state index in [1.165, 1.54) is 86.0 Å². The number of rotatable bonds is 11. The van der Waals surface area contributed by atoms with Gasteiger partial charge in [0.05, 0.1) is 12.4 Å². The molecule has 60 heavy (non-hydrogen) atoms. The lowest BCUT2D eigenvalue weighted by molar-refractivity contribution is 0.0593. The molecule has 21 heteroatoms. The number of carbonyl (C=O) groups excluding carboxylic acids is 6. The van der Waals surface area contributed by atoms with Gasteiger partial charge in [0.2, 0.25) is 0 Å². The molecule has 6 aromatic rings. The van der Waals surface area contributed by atoms with E-state index in [4.69, 9.17) is 23.2 Å². The van der Waals surface area contributed by atoms with Crippen molar-refractivity contribution < 1.29 is 44.5 Å². The van der Waals surface area contributed by atoms with Crippen LogP contribution in [0.5, 0.6) is 0 Å². The van der Waals surface area contributed by atoms with Gasteiger partial charge in [-0.2, -0.15) is 0 Å². The second-order valence-corrected chi connectivity index (χ2v) is 12.1. The van der Waals surface area contributed by atoms with Gasteiger partial charge in [-0.3, -0.25) is 24.0 Å². The highest BCUT2D eigenvalue weighted by molar-refractivity contribution is 6.40. The molecule has 0 spiro atoms. The fraction of sp³-hybridized carbons (Fsp3) is 0.0513. The number of alkyl halides is 2. The van der Waals surface area contributed by atoms with Crippen molar-refractivity contribution in [2.75, 3.05) is 39.0 Å². The number of esters is 1. The summed E-state index contributed by atoms with van der Waals surface area (Å²) < 4.78 is 4.65. The van der Waals surface area contributed by atoms with E-state index in [1.54, 1.807) is 42.5 Å². The van der Waals surface area contributed by atoms with Crippen LogP contribution in [0.4, 0.5) is 29.1 Å². The number of pyridine rings is 5. The fourth-order valence-corrected chi connectivity index (χ4v) is 4.75. The maximum atomic E-state index is 13.1. The van der Waals surface area contributed by atoms with Crippen molar-refractivity contribution in [3.63, 3.8) is 0 Å². The first-order chi connectivity index (χ1) is 28.1. The van der Waals surface area contributed by atoms with Crippen molar-refractivity contribution in [3.8, 4) is 0 Å². The number of hydrogen-bond donors (Lipinski definition) is 5. The SMILES string of the molecule is COC(=O)c1cccc(NC(=O)c2cccc(NC(=O)c3cccc(NC(=O)c4cccc(NC(=O)c5cccc(NC(=O)c6ccccc6)n5)n4)n3)n2)n1.ClCCl.O.O. The smallest absolute Gasteiger partial charge is 0.356 e. The molecular weight excluding hydrogens is 823 g/mol. The van der Waals surface area contributed by atoms with E-state index in [0.29, 0.717) is 5.56 Å². The zero-order valence-corrected chi connectivity index (χ0v) is 32.6. The van der Waals surface area contributed by atoms with E-state index in [2.05, 4.69) is 56.2 Å². The lowest BCUT2D eigenvalue weighted by atomic mass is 10.2. The zero-order chi connectivity index (χ0) is 41.4. The average Bonchev–Trinajstić information content (AvgIpc) is 3.24. The standard InChI is InChI=1S/C38H28N10O7.CH2Cl2.2H2O/c1-55-38(54)27-16-9-21-32(43-27)48-37(53)26-15-8-20-31(42-26)47-36(52)25-14-7-19-30(41-25)46-35(51)24-13-6-18-29(40-24)45-34(50)23-12-5-17-28(39-23)44-33(49)22-10-3-2-4-11-22;2-1-3;;/h2-21H,1H3,(H,39,44,49)(H,40,45,50)(H,41,46,51)(H,42,47,52)(H,43,48,53);1H2;2*1H2. The Morgan fingerprint density at radius 1 is 0.417 bits per heavy atom. The number of aromatic nitrogens is 5. The molecule has 0 atom stereocenters. The van der Waals surface area contributed by atoms with Crippen LogP contribution in [-0.4, -0.2) is 83.8 Å². The summed E-state index contributed by atoms with van der Waals surface area (Å²) in [5.74, 6) is -3.36. The zero-order valence-electron chi connectivity index (χ0n) is 31.1. The highest BCUT2D eigenvalue weighted by Gasteiger charge is 2.17. The minimum absolute atomic E-state index is 0. The van der Waals surface area contributed by atoms with Crippen molar-refractivity contribution in [2.45, 2.75) is 0 Å². The molecule has 0 saturated carbocycles. The van der Waals surface area contributed by atoms with Crippen molar-refractivity contribution in [1.29, 1.82) is 0 Å². The molecule has 0 fully saturated rings. The summed E-state index contributed by atoms with van der Waals surface area (Å²) in [6.07, 6.45) is 0. The number of nitrogens with zero attached hydrogens (tertiary/aromatic N) is 5. The van der Waals surface area contributed by atoms with Gasteiger partial charge in [-0.05, 0) is 72.8 Å². The quantitative estimate of drug-likeness (QED) is 0.0890. The molecule has 19 nitrogen and oxygen atoms in total. The van der Waals surface area contributed by atoms with E-state index < -0.39 is 35.5 Å². The number of benzene rings is 1. The molecule has 0 saturated heterocycles. The highest BCUT2D eigenvalue weighted by atomic mass is 35.5. The topological polar surface area (TPSA) is 299 Å². The fourth-order valence-electron chi connectivity index (χ4n) is 4.75. The summed E-state index contributed by atoms with van der Waals surface area (Å²) in [7, 11) is 1.21. The molecule has 0 unspecified atom stereocenters. The summed E-state index contributed by atoms with van der Waals surface area (Å²) in [5, 5.41) is 13.1. The Balaban J connectivity index is 0.00000187. The molecule has 0 bridgehead atoms. The Kier molecular flexibility index (Phi) is 17.8. The normalized spacial score (nSPS) is 9.78. The van der Waals surface area contributed by atoms with Crippen molar-refractivity contribution in [1.82, 2.24) is 24.9 Å². The summed E-state index contributed by atoms with van der Waals surface area (Å²) in [6.45, 7) is 0. The van der Waals surface area contributed by atoms with Gasteiger partial charge in [-0.15, -0.1) is 23.2 Å².